The Kier molecular flexibility index (Phi) is 14.9. The van der Waals surface area contributed by atoms with Gasteiger partial charge in [-0.15, -0.1) is 0 Å². The van der Waals surface area contributed by atoms with E-state index in [1.807, 2.05) is 55.4 Å². The van der Waals surface area contributed by atoms with Gasteiger partial charge in [0.05, 0.1) is 12.6 Å². The molecule has 0 aliphatic carbocycles. The molecule has 1 aromatic carbocycles. The molecule has 0 aromatic heterocycles. The van der Waals surface area contributed by atoms with Crippen molar-refractivity contribution in [3.8, 4) is 0 Å². The molecule has 2 N–H and O–H groups in total. The Balaban J connectivity index is 2.73. The van der Waals surface area contributed by atoms with E-state index >= 15 is 0 Å². The molecule has 0 heterocycles. The standard InChI is InChI=1S/C32H51N3O6/c1-19(2)27(30(38)21(5)6)16-28(37)29(20(3)4)35(10)32(40)41-18-24-11-13-25(14-12-24)34-31(39)23(9)15-26(36)17-33-22(7)8/h11-14,19-23,27,29,33H,15-18H2,1-10H3,(H,34,39)/t23-,27+,29+/m1/s1. The number of benzene rings is 1. The summed E-state index contributed by atoms with van der Waals surface area (Å²) in [6, 6.07) is 6.37. The van der Waals surface area contributed by atoms with Crippen LogP contribution >= 0.6 is 0 Å². The molecular formula is C32H51N3O6. The Labute approximate surface area is 246 Å². The topological polar surface area (TPSA) is 122 Å². The monoisotopic (exact) mass is 573 g/mol. The van der Waals surface area contributed by atoms with Gasteiger partial charge in [-0.1, -0.05) is 74.4 Å². The fourth-order valence-electron chi connectivity index (χ4n) is 4.60. The third-order valence-electron chi connectivity index (χ3n) is 7.10. The first-order valence-corrected chi connectivity index (χ1v) is 14.7. The number of nitrogens with zero attached hydrogens (tertiary/aromatic N) is 1. The van der Waals surface area contributed by atoms with Crippen molar-refractivity contribution in [3.63, 3.8) is 0 Å². The summed E-state index contributed by atoms with van der Waals surface area (Å²) in [6.45, 7) is 17.1. The molecule has 9 heteroatoms. The average Bonchev–Trinajstić information content (AvgIpc) is 2.88. The maximum atomic E-state index is 13.3. The SMILES string of the molecule is CC(C)NCC(=O)C[C@@H](C)C(=O)Nc1ccc(COC(=O)N(C)[C@H](C(=O)C[C@H](C(=O)C(C)C)C(C)C)C(C)C)cc1. The van der Waals surface area contributed by atoms with E-state index in [9.17, 15) is 24.0 Å². The van der Waals surface area contributed by atoms with E-state index in [1.54, 1.807) is 38.2 Å². The number of ether oxygens (including phenoxy) is 1. The van der Waals surface area contributed by atoms with Crippen molar-refractivity contribution in [2.75, 3.05) is 18.9 Å². The molecule has 0 spiro atoms. The fraction of sp³-hybridized carbons (Fsp3) is 0.656. The molecule has 0 saturated carbocycles. The molecule has 2 amide bonds. The van der Waals surface area contributed by atoms with Crippen molar-refractivity contribution in [2.45, 2.75) is 93.8 Å². The first-order chi connectivity index (χ1) is 19.0. The van der Waals surface area contributed by atoms with Gasteiger partial charge in [0.1, 0.15) is 18.2 Å². The van der Waals surface area contributed by atoms with Crippen molar-refractivity contribution in [3.05, 3.63) is 29.8 Å². The Bertz CT molecular complexity index is 1030. The van der Waals surface area contributed by atoms with E-state index in [4.69, 9.17) is 4.74 Å². The lowest BCUT2D eigenvalue weighted by atomic mass is 9.80. The van der Waals surface area contributed by atoms with Crippen molar-refractivity contribution in [2.24, 2.45) is 29.6 Å². The Hall–Kier alpha value is -3.07. The lowest BCUT2D eigenvalue weighted by Crippen LogP contribution is -2.47. The second-order valence-corrected chi connectivity index (χ2v) is 12.3. The number of Topliss-reactive ketones (excluding diaryl/α,β-unsaturated/α-hetero) is 3. The van der Waals surface area contributed by atoms with Crippen LogP contribution in [0.5, 0.6) is 0 Å². The molecule has 1 aromatic rings. The number of rotatable bonds is 17. The van der Waals surface area contributed by atoms with Crippen LogP contribution in [-0.2, 0) is 30.5 Å². The quantitative estimate of drug-likeness (QED) is 0.260. The summed E-state index contributed by atoms with van der Waals surface area (Å²) in [5, 5.41) is 5.87. The minimum absolute atomic E-state index is 0.00931. The zero-order chi connectivity index (χ0) is 31.4. The number of hydrogen-bond donors (Lipinski definition) is 2. The molecule has 41 heavy (non-hydrogen) atoms. The summed E-state index contributed by atoms with van der Waals surface area (Å²) in [7, 11) is 1.54. The van der Waals surface area contributed by atoms with Gasteiger partial charge in [0.25, 0.3) is 0 Å². The summed E-state index contributed by atoms with van der Waals surface area (Å²) in [5.41, 5.74) is 1.28. The Morgan fingerprint density at radius 2 is 1.41 bits per heavy atom. The van der Waals surface area contributed by atoms with E-state index in [0.29, 0.717) is 11.3 Å². The highest BCUT2D eigenvalue weighted by atomic mass is 16.6. The molecule has 0 fully saturated rings. The van der Waals surface area contributed by atoms with Crippen LogP contribution in [0.2, 0.25) is 0 Å². The van der Waals surface area contributed by atoms with Crippen molar-refractivity contribution in [1.82, 2.24) is 10.2 Å². The van der Waals surface area contributed by atoms with Gasteiger partial charge >= 0.3 is 6.09 Å². The Morgan fingerprint density at radius 3 is 1.90 bits per heavy atom. The molecule has 0 radical (unpaired) electrons. The highest BCUT2D eigenvalue weighted by Gasteiger charge is 2.35. The van der Waals surface area contributed by atoms with Crippen LogP contribution in [0.4, 0.5) is 10.5 Å². The average molecular weight is 574 g/mol. The predicted molar refractivity (Wildman–Crippen MR) is 161 cm³/mol. The minimum atomic E-state index is -0.712. The van der Waals surface area contributed by atoms with Gasteiger partial charge in [0.2, 0.25) is 5.91 Å². The number of nitrogens with one attached hydrogen (secondary N) is 2. The molecular weight excluding hydrogens is 522 g/mol. The van der Waals surface area contributed by atoms with Crippen LogP contribution in [0.25, 0.3) is 0 Å². The maximum Gasteiger partial charge on any atom is 0.410 e. The van der Waals surface area contributed by atoms with Crippen LogP contribution in [0, 0.1) is 29.6 Å². The van der Waals surface area contributed by atoms with E-state index < -0.39 is 24.0 Å². The predicted octanol–water partition coefficient (Wildman–Crippen LogP) is 5.27. The van der Waals surface area contributed by atoms with Gasteiger partial charge in [0.15, 0.2) is 5.78 Å². The number of carbonyl (C=O) groups excluding carboxylic acids is 5. The summed E-state index contributed by atoms with van der Waals surface area (Å²) >= 11 is 0. The molecule has 0 bridgehead atoms. The van der Waals surface area contributed by atoms with Gasteiger partial charge in [-0.3, -0.25) is 19.2 Å². The zero-order valence-electron chi connectivity index (χ0n) is 26.6. The van der Waals surface area contributed by atoms with Crippen LogP contribution in [-0.4, -0.2) is 59.9 Å². The fourth-order valence-corrected chi connectivity index (χ4v) is 4.60. The molecule has 230 valence electrons. The first-order valence-electron chi connectivity index (χ1n) is 14.7. The molecule has 1 rings (SSSR count). The molecule has 0 aliphatic rings. The second kappa shape index (κ2) is 17.0. The van der Waals surface area contributed by atoms with Crippen molar-refractivity contribution >= 4 is 35.0 Å². The van der Waals surface area contributed by atoms with Crippen LogP contribution in [0.15, 0.2) is 24.3 Å². The Morgan fingerprint density at radius 1 is 0.829 bits per heavy atom. The summed E-state index contributed by atoms with van der Waals surface area (Å²) < 4.78 is 5.49. The third kappa shape index (κ3) is 12.1. The lowest BCUT2D eigenvalue weighted by molar-refractivity contribution is -0.133. The molecule has 0 unspecified atom stereocenters. The number of anilines is 1. The largest absolute Gasteiger partial charge is 0.445 e. The number of hydrogen-bond acceptors (Lipinski definition) is 7. The summed E-state index contributed by atoms with van der Waals surface area (Å²) in [5.74, 6) is -1.53. The maximum absolute atomic E-state index is 13.3. The molecule has 0 saturated heterocycles. The van der Waals surface area contributed by atoms with E-state index in [-0.39, 0.29) is 73.0 Å². The van der Waals surface area contributed by atoms with E-state index in [1.165, 1.54) is 4.90 Å². The first kappa shape index (κ1) is 36.0. The van der Waals surface area contributed by atoms with Gasteiger partial charge in [-0.25, -0.2) is 4.79 Å². The van der Waals surface area contributed by atoms with Crippen LogP contribution < -0.4 is 10.6 Å². The number of ketones is 3. The van der Waals surface area contributed by atoms with Crippen molar-refractivity contribution in [1.29, 1.82) is 0 Å². The van der Waals surface area contributed by atoms with Gasteiger partial charge in [0, 0.05) is 49.4 Å². The minimum Gasteiger partial charge on any atom is -0.445 e. The number of likely N-dealkylation sites (N-methyl/N-ethyl adjacent to an activating group) is 1. The van der Waals surface area contributed by atoms with Crippen molar-refractivity contribution < 1.29 is 28.7 Å². The molecule has 3 atom stereocenters. The van der Waals surface area contributed by atoms with Crippen LogP contribution in [0.1, 0.15) is 80.7 Å². The second-order valence-electron chi connectivity index (χ2n) is 12.3. The molecule has 9 nitrogen and oxygen atoms in total. The number of amides is 2. The molecule has 0 aliphatic heterocycles. The van der Waals surface area contributed by atoms with Gasteiger partial charge in [-0.05, 0) is 29.5 Å². The summed E-state index contributed by atoms with van der Waals surface area (Å²) in [4.78, 5) is 64.7. The summed E-state index contributed by atoms with van der Waals surface area (Å²) in [6.07, 6.45) is -0.389. The van der Waals surface area contributed by atoms with E-state index in [2.05, 4.69) is 10.6 Å². The zero-order valence-corrected chi connectivity index (χ0v) is 26.6. The smallest absolute Gasteiger partial charge is 0.410 e. The highest BCUT2D eigenvalue weighted by molar-refractivity contribution is 5.95. The van der Waals surface area contributed by atoms with Crippen LogP contribution in [0.3, 0.4) is 0 Å². The normalized spacial score (nSPS) is 13.7. The van der Waals surface area contributed by atoms with Gasteiger partial charge < -0.3 is 20.3 Å². The number of carbonyl (C=O) groups is 5. The van der Waals surface area contributed by atoms with E-state index in [0.717, 1.165) is 0 Å². The lowest BCUT2D eigenvalue weighted by Gasteiger charge is -2.31. The third-order valence-corrected chi connectivity index (χ3v) is 7.10. The highest BCUT2D eigenvalue weighted by Crippen LogP contribution is 2.24. The van der Waals surface area contributed by atoms with Gasteiger partial charge in [-0.2, -0.15) is 0 Å².